The first-order valence-electron chi connectivity index (χ1n) is 5.09. The van der Waals surface area contributed by atoms with Gasteiger partial charge in [-0.3, -0.25) is 4.79 Å². The van der Waals surface area contributed by atoms with Crippen molar-refractivity contribution in [2.75, 3.05) is 18.6 Å². The number of Topliss-reactive ketones (excluding diaryl/α,β-unsaturated/α-hetero) is 1. The zero-order valence-electron chi connectivity index (χ0n) is 9.86. The van der Waals surface area contributed by atoms with Crippen LogP contribution >= 0.6 is 21.6 Å². The van der Waals surface area contributed by atoms with E-state index in [1.807, 2.05) is 6.26 Å². The van der Waals surface area contributed by atoms with E-state index in [4.69, 9.17) is 4.74 Å². The molecule has 0 unspecified atom stereocenters. The van der Waals surface area contributed by atoms with Crippen molar-refractivity contribution in [1.82, 2.24) is 0 Å². The first-order valence-corrected chi connectivity index (χ1v) is 7.82. The van der Waals surface area contributed by atoms with Gasteiger partial charge in [-0.05, 0) is 37.4 Å². The maximum absolute atomic E-state index is 11.0. The van der Waals surface area contributed by atoms with Gasteiger partial charge < -0.3 is 4.74 Å². The molecule has 0 aliphatic carbocycles. The van der Waals surface area contributed by atoms with Gasteiger partial charge in [-0.1, -0.05) is 33.4 Å². The first kappa shape index (κ1) is 14.0. The smallest absolute Gasteiger partial charge is 0.159 e. The molecule has 1 rings (SSSR count). The second kappa shape index (κ2) is 8.10. The molecule has 0 radical (unpaired) electrons. The van der Waals surface area contributed by atoms with Gasteiger partial charge in [0.1, 0.15) is 12.4 Å². The average molecular weight is 266 g/mol. The third kappa shape index (κ3) is 5.71. The Morgan fingerprint density at radius 3 is 2.59 bits per heavy atom. The molecule has 0 saturated heterocycles. The predicted molar refractivity (Wildman–Crippen MR) is 75.7 cm³/mol. The van der Waals surface area contributed by atoms with Crippen molar-refractivity contribution in [2.24, 2.45) is 0 Å². The van der Waals surface area contributed by atoms with E-state index in [0.717, 1.165) is 11.5 Å². The summed E-state index contributed by atoms with van der Waals surface area (Å²) < 4.78 is 5.42. The van der Waals surface area contributed by atoms with E-state index in [1.54, 1.807) is 52.8 Å². The summed E-state index contributed by atoms with van der Waals surface area (Å²) in [4.78, 5) is 11.0. The van der Waals surface area contributed by atoms with Crippen LogP contribution in [0.2, 0.25) is 0 Å². The van der Waals surface area contributed by atoms with E-state index >= 15 is 0 Å². The van der Waals surface area contributed by atoms with Crippen molar-refractivity contribution in [3.63, 3.8) is 0 Å². The maximum Gasteiger partial charge on any atom is 0.159 e. The molecule has 17 heavy (non-hydrogen) atoms. The van der Waals surface area contributed by atoms with Crippen LogP contribution in [0.5, 0.6) is 5.75 Å². The lowest BCUT2D eigenvalue weighted by molar-refractivity contribution is 0.101. The van der Waals surface area contributed by atoms with E-state index < -0.39 is 0 Å². The fraction of sp³-hybridized carbons (Fsp3) is 0.308. The third-order valence-electron chi connectivity index (χ3n) is 1.95. The predicted octanol–water partition coefficient (Wildman–Crippen LogP) is 3.28. The summed E-state index contributed by atoms with van der Waals surface area (Å²) in [7, 11) is 3.41. The Balaban J connectivity index is 2.36. The van der Waals surface area contributed by atoms with Gasteiger partial charge in [0.15, 0.2) is 5.78 Å². The van der Waals surface area contributed by atoms with Crippen molar-refractivity contribution in [1.29, 1.82) is 0 Å². The van der Waals surface area contributed by atoms with Gasteiger partial charge in [0.05, 0.1) is 5.75 Å². The minimum absolute atomic E-state index is 0.0606. The average Bonchev–Trinajstić information content (AvgIpc) is 2.34. The van der Waals surface area contributed by atoms with Crippen molar-refractivity contribution in [2.45, 2.75) is 6.92 Å². The Bertz CT molecular complexity index is 415. The zero-order chi connectivity index (χ0) is 12.5. The Kier molecular flexibility index (Phi) is 6.68. The van der Waals surface area contributed by atoms with Gasteiger partial charge in [0.25, 0.3) is 0 Å². The molecule has 4 heteroatoms. The third-order valence-corrected chi connectivity index (χ3v) is 3.50. The summed E-state index contributed by atoms with van der Waals surface area (Å²) in [6.07, 6.45) is 2.03. The molecule has 0 atom stereocenters. The molecule has 0 spiro atoms. The van der Waals surface area contributed by atoms with Crippen molar-refractivity contribution >= 4 is 27.4 Å². The Labute approximate surface area is 110 Å². The van der Waals surface area contributed by atoms with Crippen LogP contribution in [0, 0.1) is 11.8 Å². The monoisotopic (exact) mass is 266 g/mol. The van der Waals surface area contributed by atoms with Gasteiger partial charge in [-0.15, -0.1) is 0 Å². The van der Waals surface area contributed by atoms with E-state index in [9.17, 15) is 4.79 Å². The zero-order valence-corrected chi connectivity index (χ0v) is 11.5. The number of ketones is 1. The van der Waals surface area contributed by atoms with Gasteiger partial charge in [0, 0.05) is 5.56 Å². The van der Waals surface area contributed by atoms with E-state index in [-0.39, 0.29) is 5.78 Å². The second-order valence-corrected chi connectivity index (χ2v) is 5.72. The molecule has 1 aromatic carbocycles. The summed E-state index contributed by atoms with van der Waals surface area (Å²) in [5.41, 5.74) is 0.694. The van der Waals surface area contributed by atoms with E-state index in [0.29, 0.717) is 12.2 Å². The second-order valence-electron chi connectivity index (χ2n) is 3.15. The molecule has 0 amide bonds. The van der Waals surface area contributed by atoms with Gasteiger partial charge in [-0.25, -0.2) is 0 Å². The first-order chi connectivity index (χ1) is 8.24. The van der Waals surface area contributed by atoms with Crippen LogP contribution in [-0.4, -0.2) is 24.4 Å². The normalized spacial score (nSPS) is 9.29. The largest absolute Gasteiger partial charge is 0.481 e. The van der Waals surface area contributed by atoms with Crippen LogP contribution in [0.15, 0.2) is 24.3 Å². The summed E-state index contributed by atoms with van der Waals surface area (Å²) in [6, 6.07) is 7.09. The van der Waals surface area contributed by atoms with Crippen LogP contribution in [0.3, 0.4) is 0 Å². The van der Waals surface area contributed by atoms with Crippen LogP contribution in [0.4, 0.5) is 0 Å². The van der Waals surface area contributed by atoms with Crippen molar-refractivity contribution in [3.8, 4) is 17.6 Å². The molecule has 90 valence electrons. The molecule has 0 heterocycles. The molecule has 0 aliphatic rings. The molecular weight excluding hydrogens is 252 g/mol. The molecule has 1 aromatic rings. The van der Waals surface area contributed by atoms with Crippen LogP contribution in [-0.2, 0) is 0 Å². The fourth-order valence-corrected chi connectivity index (χ4v) is 1.90. The topological polar surface area (TPSA) is 26.3 Å². The number of carbonyl (C=O) groups is 1. The Hall–Kier alpha value is -1.05. The maximum atomic E-state index is 11.0. The number of hydrogen-bond acceptors (Lipinski definition) is 4. The van der Waals surface area contributed by atoms with Gasteiger partial charge in [0.2, 0.25) is 0 Å². The lowest BCUT2D eigenvalue weighted by atomic mass is 10.1. The minimum atomic E-state index is 0.0606. The van der Waals surface area contributed by atoms with Gasteiger partial charge in [-0.2, -0.15) is 0 Å². The lowest BCUT2D eigenvalue weighted by Crippen LogP contribution is -1.95. The quantitative estimate of drug-likeness (QED) is 0.353. The SMILES string of the molecule is CSSCC#CCOc1ccc(C(C)=O)cc1. The highest BCUT2D eigenvalue weighted by molar-refractivity contribution is 8.76. The standard InChI is InChI=1S/C13H14O2S2/c1-11(14)12-5-7-13(8-6-12)15-9-3-4-10-17-16-2/h5-8H,9-10H2,1-2H3. The summed E-state index contributed by atoms with van der Waals surface area (Å²) >= 11 is 0. The number of rotatable bonds is 5. The summed E-state index contributed by atoms with van der Waals surface area (Å²) in [5.74, 6) is 7.54. The number of benzene rings is 1. The molecule has 0 bridgehead atoms. The van der Waals surface area contributed by atoms with Gasteiger partial charge >= 0.3 is 0 Å². The molecule has 0 N–H and O–H groups in total. The van der Waals surface area contributed by atoms with Crippen LogP contribution in [0.1, 0.15) is 17.3 Å². The Morgan fingerprint density at radius 1 is 1.29 bits per heavy atom. The molecule has 0 aromatic heterocycles. The fourth-order valence-electron chi connectivity index (χ4n) is 1.10. The highest BCUT2D eigenvalue weighted by Crippen LogP contribution is 2.15. The number of hydrogen-bond donors (Lipinski definition) is 0. The molecule has 2 nitrogen and oxygen atoms in total. The molecular formula is C13H14O2S2. The number of carbonyl (C=O) groups excluding carboxylic acids is 1. The summed E-state index contributed by atoms with van der Waals surface area (Å²) in [5, 5.41) is 0. The molecule has 0 fully saturated rings. The van der Waals surface area contributed by atoms with Crippen LogP contribution in [0.25, 0.3) is 0 Å². The van der Waals surface area contributed by atoms with Crippen molar-refractivity contribution < 1.29 is 9.53 Å². The van der Waals surface area contributed by atoms with E-state index in [1.165, 1.54) is 0 Å². The van der Waals surface area contributed by atoms with E-state index in [2.05, 4.69) is 11.8 Å². The highest BCUT2D eigenvalue weighted by atomic mass is 33.1. The summed E-state index contributed by atoms with van der Waals surface area (Å²) in [6.45, 7) is 1.93. The Morgan fingerprint density at radius 2 is 2.00 bits per heavy atom. The van der Waals surface area contributed by atoms with Crippen LogP contribution < -0.4 is 4.74 Å². The van der Waals surface area contributed by atoms with Crippen molar-refractivity contribution in [3.05, 3.63) is 29.8 Å². The lowest BCUT2D eigenvalue weighted by Gasteiger charge is -2.02. The molecule has 0 saturated carbocycles. The molecule has 0 aliphatic heterocycles. The number of ether oxygens (including phenoxy) is 1. The highest BCUT2D eigenvalue weighted by Gasteiger charge is 1.98. The minimum Gasteiger partial charge on any atom is -0.481 e.